The summed E-state index contributed by atoms with van der Waals surface area (Å²) < 4.78 is 72.0. The van der Waals surface area contributed by atoms with Gasteiger partial charge in [-0.1, -0.05) is 0 Å². The molecule has 6 nitrogen and oxygen atoms in total. The zero-order valence-electron chi connectivity index (χ0n) is 12.5. The summed E-state index contributed by atoms with van der Waals surface area (Å²) in [6.07, 6.45) is -4.80. The Labute approximate surface area is 131 Å². The number of hydrogen-bond donors (Lipinski definition) is 0. The van der Waals surface area contributed by atoms with Crippen LogP contribution in [0.1, 0.15) is 6.92 Å². The summed E-state index contributed by atoms with van der Waals surface area (Å²) in [4.78, 5) is 11.0. The van der Waals surface area contributed by atoms with Gasteiger partial charge in [0.2, 0.25) is 10.0 Å². The molecule has 0 aliphatic carbocycles. The van der Waals surface area contributed by atoms with Crippen molar-refractivity contribution in [2.75, 3.05) is 26.8 Å². The van der Waals surface area contributed by atoms with E-state index < -0.39 is 35.3 Å². The van der Waals surface area contributed by atoms with Crippen molar-refractivity contribution < 1.29 is 35.9 Å². The van der Waals surface area contributed by atoms with Crippen molar-refractivity contribution >= 4 is 16.0 Å². The third-order valence-corrected chi connectivity index (χ3v) is 4.47. The Balaban J connectivity index is 3.12. The zero-order chi connectivity index (χ0) is 17.7. The lowest BCUT2D eigenvalue weighted by Gasteiger charge is -2.22. The highest BCUT2D eigenvalue weighted by Gasteiger charge is 2.38. The van der Waals surface area contributed by atoms with Crippen LogP contribution in [0.5, 0.6) is 5.75 Å². The number of nitrogens with zero attached hydrogens (tertiary/aromatic N) is 1. The molecule has 0 saturated carbocycles. The lowest BCUT2D eigenvalue weighted by atomic mass is 10.3. The van der Waals surface area contributed by atoms with Crippen molar-refractivity contribution in [3.63, 3.8) is 0 Å². The van der Waals surface area contributed by atoms with Crippen LogP contribution < -0.4 is 4.74 Å². The second kappa shape index (κ2) is 7.64. The maximum Gasteiger partial charge on any atom is 0.402 e. The number of sulfonamides is 1. The first kappa shape index (κ1) is 19.2. The van der Waals surface area contributed by atoms with Gasteiger partial charge in [0.15, 0.2) is 0 Å². The van der Waals surface area contributed by atoms with E-state index >= 15 is 0 Å². The highest BCUT2D eigenvalue weighted by atomic mass is 32.2. The molecule has 0 aliphatic heterocycles. The van der Waals surface area contributed by atoms with Crippen LogP contribution in [0.4, 0.5) is 13.2 Å². The molecule has 0 fully saturated rings. The summed E-state index contributed by atoms with van der Waals surface area (Å²) in [5.74, 6) is -0.717. The number of esters is 1. The van der Waals surface area contributed by atoms with E-state index in [1.54, 1.807) is 0 Å². The van der Waals surface area contributed by atoms with Gasteiger partial charge in [-0.25, -0.2) is 8.42 Å². The standard InChI is InChI=1S/C13H16F3NO5S/c1-3-22-12(18)8-17(9-13(14,15)16)23(19,20)11-6-4-10(21-2)5-7-11/h4-7H,3,8-9H2,1-2H3. The maximum atomic E-state index is 12.6. The SMILES string of the molecule is CCOC(=O)CN(CC(F)(F)F)S(=O)(=O)c1ccc(OC)cc1. The number of carbonyl (C=O) groups is 1. The van der Waals surface area contributed by atoms with E-state index in [1.807, 2.05) is 0 Å². The van der Waals surface area contributed by atoms with Crippen LogP contribution in [0.25, 0.3) is 0 Å². The summed E-state index contributed by atoms with van der Waals surface area (Å²) in [6, 6.07) is 4.79. The fourth-order valence-electron chi connectivity index (χ4n) is 1.67. The van der Waals surface area contributed by atoms with Crippen molar-refractivity contribution in [2.24, 2.45) is 0 Å². The fourth-order valence-corrected chi connectivity index (χ4v) is 3.04. The highest BCUT2D eigenvalue weighted by Crippen LogP contribution is 2.24. The maximum absolute atomic E-state index is 12.6. The van der Waals surface area contributed by atoms with E-state index in [0.717, 1.165) is 12.1 Å². The molecule has 0 saturated heterocycles. The summed E-state index contributed by atoms with van der Waals surface area (Å²) in [7, 11) is -3.15. The zero-order valence-corrected chi connectivity index (χ0v) is 13.3. The molecule has 10 heteroatoms. The third-order valence-electron chi connectivity index (χ3n) is 2.66. The lowest BCUT2D eigenvalue weighted by molar-refractivity contribution is -0.150. The quantitative estimate of drug-likeness (QED) is 0.698. The average molecular weight is 355 g/mol. The smallest absolute Gasteiger partial charge is 0.402 e. The van der Waals surface area contributed by atoms with Gasteiger partial charge in [-0.2, -0.15) is 17.5 Å². The number of rotatable bonds is 7. The predicted octanol–water partition coefficient (Wildman–Crippen LogP) is 1.81. The van der Waals surface area contributed by atoms with Crippen molar-refractivity contribution in [3.05, 3.63) is 24.3 Å². The monoisotopic (exact) mass is 355 g/mol. The van der Waals surface area contributed by atoms with Crippen LogP contribution in [0, 0.1) is 0 Å². The van der Waals surface area contributed by atoms with Gasteiger partial charge in [0.25, 0.3) is 0 Å². The van der Waals surface area contributed by atoms with E-state index in [1.165, 1.54) is 26.2 Å². The van der Waals surface area contributed by atoms with Gasteiger partial charge in [-0.3, -0.25) is 4.79 Å². The molecule has 0 bridgehead atoms. The van der Waals surface area contributed by atoms with Gasteiger partial charge >= 0.3 is 12.1 Å². The Morgan fingerprint density at radius 1 is 1.22 bits per heavy atom. The molecular weight excluding hydrogens is 339 g/mol. The lowest BCUT2D eigenvalue weighted by Crippen LogP contribution is -2.42. The predicted molar refractivity (Wildman–Crippen MR) is 74.4 cm³/mol. The highest BCUT2D eigenvalue weighted by molar-refractivity contribution is 7.89. The molecule has 23 heavy (non-hydrogen) atoms. The third kappa shape index (κ3) is 5.71. The van der Waals surface area contributed by atoms with E-state index in [2.05, 4.69) is 4.74 Å². The molecule has 1 rings (SSSR count). The minimum absolute atomic E-state index is 0.0345. The second-order valence-corrected chi connectivity index (χ2v) is 6.31. The number of methoxy groups -OCH3 is 1. The Bertz CT molecular complexity index is 628. The Morgan fingerprint density at radius 2 is 1.78 bits per heavy atom. The molecule has 1 aromatic carbocycles. The first-order valence-corrected chi connectivity index (χ1v) is 7.90. The van der Waals surface area contributed by atoms with Crippen LogP contribution in [-0.4, -0.2) is 51.7 Å². The first-order valence-electron chi connectivity index (χ1n) is 6.46. The van der Waals surface area contributed by atoms with E-state index in [0.29, 0.717) is 5.75 Å². The number of benzene rings is 1. The number of hydrogen-bond acceptors (Lipinski definition) is 5. The molecule has 0 heterocycles. The number of ether oxygens (including phenoxy) is 2. The topological polar surface area (TPSA) is 72.9 Å². The minimum Gasteiger partial charge on any atom is -0.497 e. The fraction of sp³-hybridized carbons (Fsp3) is 0.462. The summed E-state index contributed by atoms with van der Waals surface area (Å²) in [5, 5.41) is 0. The van der Waals surface area contributed by atoms with Crippen LogP contribution in [-0.2, 0) is 19.6 Å². The largest absolute Gasteiger partial charge is 0.497 e. The van der Waals surface area contributed by atoms with Crippen molar-refractivity contribution in [3.8, 4) is 5.75 Å². The second-order valence-electron chi connectivity index (χ2n) is 4.37. The minimum atomic E-state index is -4.80. The van der Waals surface area contributed by atoms with Crippen LogP contribution in [0.2, 0.25) is 0 Å². The molecule has 0 aromatic heterocycles. The van der Waals surface area contributed by atoms with Gasteiger partial charge in [-0.15, -0.1) is 0 Å². The molecule has 0 amide bonds. The van der Waals surface area contributed by atoms with Crippen molar-refractivity contribution in [1.82, 2.24) is 4.31 Å². The number of alkyl halides is 3. The molecule has 0 N–H and O–H groups in total. The molecule has 0 spiro atoms. The van der Waals surface area contributed by atoms with Crippen LogP contribution in [0.15, 0.2) is 29.2 Å². The molecular formula is C13H16F3NO5S. The molecule has 0 aliphatic rings. The summed E-state index contributed by atoms with van der Waals surface area (Å²) >= 11 is 0. The van der Waals surface area contributed by atoms with Crippen molar-refractivity contribution in [1.29, 1.82) is 0 Å². The first-order chi connectivity index (χ1) is 10.6. The van der Waals surface area contributed by atoms with E-state index in [-0.39, 0.29) is 15.8 Å². The van der Waals surface area contributed by atoms with E-state index in [9.17, 15) is 26.4 Å². The Kier molecular flexibility index (Phi) is 6.39. The van der Waals surface area contributed by atoms with Gasteiger partial charge < -0.3 is 9.47 Å². The molecule has 0 radical (unpaired) electrons. The molecule has 1 aromatic rings. The normalized spacial score (nSPS) is 12.3. The van der Waals surface area contributed by atoms with E-state index in [4.69, 9.17) is 4.74 Å². The Morgan fingerprint density at radius 3 is 2.22 bits per heavy atom. The van der Waals surface area contributed by atoms with Gasteiger partial charge in [0.05, 0.1) is 18.6 Å². The summed E-state index contributed by atoms with van der Waals surface area (Å²) in [5.41, 5.74) is 0. The average Bonchev–Trinajstić information content (AvgIpc) is 2.45. The molecule has 0 unspecified atom stereocenters. The van der Waals surface area contributed by atoms with Crippen molar-refractivity contribution in [2.45, 2.75) is 18.0 Å². The number of carbonyl (C=O) groups excluding carboxylic acids is 1. The molecule has 130 valence electrons. The number of halogens is 3. The van der Waals surface area contributed by atoms with Crippen LogP contribution >= 0.6 is 0 Å². The van der Waals surface area contributed by atoms with Gasteiger partial charge in [0.1, 0.15) is 18.8 Å². The molecule has 0 atom stereocenters. The Hall–Kier alpha value is -1.81. The van der Waals surface area contributed by atoms with Crippen LogP contribution in [0.3, 0.4) is 0 Å². The van der Waals surface area contributed by atoms with Gasteiger partial charge in [-0.05, 0) is 31.2 Å². The van der Waals surface area contributed by atoms with Gasteiger partial charge in [0, 0.05) is 0 Å². The summed E-state index contributed by atoms with van der Waals surface area (Å²) in [6.45, 7) is -1.42.